The highest BCUT2D eigenvalue weighted by molar-refractivity contribution is 6.06. The van der Waals surface area contributed by atoms with Crippen molar-refractivity contribution in [1.29, 1.82) is 0 Å². The summed E-state index contributed by atoms with van der Waals surface area (Å²) in [6.07, 6.45) is 1.58. The van der Waals surface area contributed by atoms with Crippen LogP contribution in [-0.2, 0) is 11.3 Å². The van der Waals surface area contributed by atoms with Crippen LogP contribution in [0.4, 0.5) is 5.95 Å². The first-order chi connectivity index (χ1) is 12.3. The highest BCUT2D eigenvalue weighted by Gasteiger charge is 2.29. The summed E-state index contributed by atoms with van der Waals surface area (Å²) in [6, 6.07) is 11.3. The molecule has 1 amide bonds. The molecule has 7 heteroatoms. The zero-order chi connectivity index (χ0) is 17.2. The van der Waals surface area contributed by atoms with E-state index in [1.165, 1.54) is 0 Å². The van der Waals surface area contributed by atoms with Crippen LogP contribution >= 0.6 is 0 Å². The van der Waals surface area contributed by atoms with Gasteiger partial charge in [-0.3, -0.25) is 9.69 Å². The van der Waals surface area contributed by atoms with E-state index >= 15 is 0 Å². The van der Waals surface area contributed by atoms with Crippen molar-refractivity contribution in [1.82, 2.24) is 14.5 Å². The zero-order valence-electron chi connectivity index (χ0n) is 13.9. The lowest BCUT2D eigenvalue weighted by Crippen LogP contribution is -2.29. The van der Waals surface area contributed by atoms with Crippen LogP contribution in [0.5, 0.6) is 5.88 Å². The lowest BCUT2D eigenvalue weighted by atomic mass is 10.2. The Morgan fingerprint density at radius 1 is 1.20 bits per heavy atom. The fourth-order valence-electron chi connectivity index (χ4n) is 2.99. The number of para-hydroxylation sites is 2. The van der Waals surface area contributed by atoms with Crippen molar-refractivity contribution >= 4 is 22.9 Å². The SMILES string of the molecule is COCCOc1cc(C(=O)N2CCn3c2nc2ccccc23)ccn1. The predicted octanol–water partition coefficient (Wildman–Crippen LogP) is 2.12. The number of benzene rings is 1. The molecule has 1 aliphatic heterocycles. The predicted molar refractivity (Wildman–Crippen MR) is 93.0 cm³/mol. The van der Waals surface area contributed by atoms with Crippen LogP contribution in [0.25, 0.3) is 11.0 Å². The second kappa shape index (κ2) is 6.52. The monoisotopic (exact) mass is 338 g/mol. The molecule has 1 aliphatic rings. The number of fused-ring (bicyclic) bond motifs is 3. The molecule has 1 aromatic carbocycles. The summed E-state index contributed by atoms with van der Waals surface area (Å²) in [5, 5.41) is 0. The summed E-state index contributed by atoms with van der Waals surface area (Å²) < 4.78 is 12.5. The summed E-state index contributed by atoms with van der Waals surface area (Å²) in [4.78, 5) is 23.4. The summed E-state index contributed by atoms with van der Waals surface area (Å²) in [6.45, 7) is 2.20. The van der Waals surface area contributed by atoms with Gasteiger partial charge in [0.1, 0.15) is 6.61 Å². The van der Waals surface area contributed by atoms with E-state index in [1.807, 2.05) is 24.3 Å². The number of rotatable bonds is 5. The fraction of sp³-hybridized carbons (Fsp3) is 0.278. The molecule has 0 bridgehead atoms. The molecule has 0 unspecified atom stereocenters. The first-order valence-electron chi connectivity index (χ1n) is 8.13. The summed E-state index contributed by atoms with van der Waals surface area (Å²) in [5.74, 6) is 0.994. The molecule has 2 aromatic heterocycles. The molecule has 0 N–H and O–H groups in total. The van der Waals surface area contributed by atoms with Crippen LogP contribution in [-0.4, -0.2) is 47.3 Å². The smallest absolute Gasteiger partial charge is 0.260 e. The van der Waals surface area contributed by atoms with E-state index in [0.29, 0.717) is 37.2 Å². The van der Waals surface area contributed by atoms with E-state index in [9.17, 15) is 4.79 Å². The van der Waals surface area contributed by atoms with Crippen molar-refractivity contribution in [2.75, 3.05) is 31.8 Å². The molecule has 0 atom stereocenters. The average molecular weight is 338 g/mol. The van der Waals surface area contributed by atoms with Gasteiger partial charge >= 0.3 is 0 Å². The standard InChI is InChI=1S/C18H18N4O3/c1-24-10-11-25-16-12-13(6-7-19-16)17(23)22-9-8-21-15-5-3-2-4-14(15)20-18(21)22/h2-7,12H,8-11H2,1H3. The first-order valence-corrected chi connectivity index (χ1v) is 8.13. The number of nitrogens with zero attached hydrogens (tertiary/aromatic N) is 4. The van der Waals surface area contributed by atoms with Gasteiger partial charge in [0.05, 0.1) is 17.6 Å². The Kier molecular flexibility index (Phi) is 4.07. The maximum atomic E-state index is 12.9. The molecule has 3 aromatic rings. The molecule has 4 rings (SSSR count). The van der Waals surface area contributed by atoms with Gasteiger partial charge in [-0.1, -0.05) is 12.1 Å². The van der Waals surface area contributed by atoms with Crippen molar-refractivity contribution in [2.45, 2.75) is 6.54 Å². The van der Waals surface area contributed by atoms with Crippen molar-refractivity contribution in [3.8, 4) is 5.88 Å². The van der Waals surface area contributed by atoms with Gasteiger partial charge in [-0.25, -0.2) is 9.97 Å². The zero-order valence-corrected chi connectivity index (χ0v) is 13.9. The van der Waals surface area contributed by atoms with Gasteiger partial charge in [0.25, 0.3) is 5.91 Å². The first kappa shape index (κ1) is 15.6. The molecule has 128 valence electrons. The molecule has 0 fully saturated rings. The molecular weight excluding hydrogens is 320 g/mol. The lowest BCUT2D eigenvalue weighted by molar-refractivity contribution is 0.0987. The number of hydrogen-bond acceptors (Lipinski definition) is 5. The highest BCUT2D eigenvalue weighted by Crippen LogP contribution is 2.28. The highest BCUT2D eigenvalue weighted by atomic mass is 16.5. The van der Waals surface area contributed by atoms with E-state index < -0.39 is 0 Å². The third-order valence-electron chi connectivity index (χ3n) is 4.19. The molecule has 0 saturated carbocycles. The van der Waals surface area contributed by atoms with E-state index in [2.05, 4.69) is 14.5 Å². The molecule has 0 saturated heterocycles. The van der Waals surface area contributed by atoms with E-state index in [4.69, 9.17) is 9.47 Å². The van der Waals surface area contributed by atoms with Crippen molar-refractivity contribution in [3.05, 3.63) is 48.2 Å². The van der Waals surface area contributed by atoms with Gasteiger partial charge in [0.15, 0.2) is 0 Å². The number of carbonyl (C=O) groups excluding carboxylic acids is 1. The number of hydrogen-bond donors (Lipinski definition) is 0. The Morgan fingerprint density at radius 3 is 2.96 bits per heavy atom. The van der Waals surface area contributed by atoms with Crippen LogP contribution in [0.3, 0.4) is 0 Å². The third-order valence-corrected chi connectivity index (χ3v) is 4.19. The molecule has 0 spiro atoms. The molecule has 0 aliphatic carbocycles. The Balaban J connectivity index is 1.60. The van der Waals surface area contributed by atoms with Crippen LogP contribution in [0.2, 0.25) is 0 Å². The minimum atomic E-state index is -0.104. The van der Waals surface area contributed by atoms with E-state index in [1.54, 1.807) is 30.3 Å². The maximum absolute atomic E-state index is 12.9. The van der Waals surface area contributed by atoms with Gasteiger partial charge in [0, 0.05) is 38.0 Å². The van der Waals surface area contributed by atoms with Crippen molar-refractivity contribution in [3.63, 3.8) is 0 Å². The number of amides is 1. The molecule has 7 nitrogen and oxygen atoms in total. The van der Waals surface area contributed by atoms with Crippen LogP contribution < -0.4 is 9.64 Å². The largest absolute Gasteiger partial charge is 0.475 e. The number of imidazole rings is 1. The number of pyridine rings is 1. The number of methoxy groups -OCH3 is 1. The van der Waals surface area contributed by atoms with Gasteiger partial charge in [-0.2, -0.15) is 0 Å². The van der Waals surface area contributed by atoms with Crippen LogP contribution in [0.15, 0.2) is 42.6 Å². The Labute approximate surface area is 144 Å². The fourth-order valence-corrected chi connectivity index (χ4v) is 2.99. The second-order valence-corrected chi connectivity index (χ2v) is 5.73. The van der Waals surface area contributed by atoms with Crippen molar-refractivity contribution < 1.29 is 14.3 Å². The van der Waals surface area contributed by atoms with Gasteiger partial charge in [0.2, 0.25) is 11.8 Å². The molecular formula is C18H18N4O3. The normalized spacial score (nSPS) is 13.2. The van der Waals surface area contributed by atoms with Crippen LogP contribution in [0, 0.1) is 0 Å². The quantitative estimate of drug-likeness (QED) is 0.667. The molecule has 3 heterocycles. The third kappa shape index (κ3) is 2.83. The van der Waals surface area contributed by atoms with Gasteiger partial charge < -0.3 is 14.0 Å². The average Bonchev–Trinajstić information content (AvgIpc) is 3.21. The summed E-state index contributed by atoms with van der Waals surface area (Å²) in [5.41, 5.74) is 2.47. The van der Waals surface area contributed by atoms with Gasteiger partial charge in [-0.05, 0) is 18.2 Å². The van der Waals surface area contributed by atoms with Crippen LogP contribution in [0.1, 0.15) is 10.4 Å². The number of aromatic nitrogens is 3. The minimum absolute atomic E-state index is 0.104. The van der Waals surface area contributed by atoms with E-state index in [-0.39, 0.29) is 5.91 Å². The Hall–Kier alpha value is -2.93. The topological polar surface area (TPSA) is 69.5 Å². The number of carbonyl (C=O) groups is 1. The Morgan fingerprint density at radius 2 is 2.08 bits per heavy atom. The summed E-state index contributed by atoms with van der Waals surface area (Å²) in [7, 11) is 1.61. The maximum Gasteiger partial charge on any atom is 0.260 e. The lowest BCUT2D eigenvalue weighted by Gasteiger charge is -2.14. The summed E-state index contributed by atoms with van der Waals surface area (Å²) >= 11 is 0. The van der Waals surface area contributed by atoms with Gasteiger partial charge in [-0.15, -0.1) is 0 Å². The number of ether oxygens (including phenoxy) is 2. The Bertz CT molecular complexity index is 922. The number of anilines is 1. The second-order valence-electron chi connectivity index (χ2n) is 5.73. The van der Waals surface area contributed by atoms with E-state index in [0.717, 1.165) is 17.6 Å². The molecule has 0 radical (unpaired) electrons. The molecule has 25 heavy (non-hydrogen) atoms. The van der Waals surface area contributed by atoms with Crippen molar-refractivity contribution in [2.24, 2.45) is 0 Å². The minimum Gasteiger partial charge on any atom is -0.475 e.